The molecule has 1 heterocycles. The summed E-state index contributed by atoms with van der Waals surface area (Å²) in [6.45, 7) is 0. The number of thiophene rings is 1. The van der Waals surface area contributed by atoms with E-state index in [0.29, 0.717) is 12.0 Å². The first kappa shape index (κ1) is 15.6. The van der Waals surface area contributed by atoms with Crippen LogP contribution in [0.25, 0.3) is 0 Å². The number of amides is 1. The number of rotatable bonds is 4. The first-order chi connectivity index (χ1) is 10.9. The third-order valence-corrected chi connectivity index (χ3v) is 8.55. The maximum Gasteiger partial charge on any atom is 0.247 e. The van der Waals surface area contributed by atoms with Crippen LogP contribution < -0.4 is 10.5 Å². The summed E-state index contributed by atoms with van der Waals surface area (Å²) in [5, 5.41) is 8.31. The van der Waals surface area contributed by atoms with Crippen LogP contribution in [0.5, 0.6) is 0 Å². The zero-order valence-electron chi connectivity index (χ0n) is 12.9. The van der Waals surface area contributed by atoms with Crippen molar-refractivity contribution in [1.29, 1.82) is 0 Å². The van der Waals surface area contributed by atoms with Gasteiger partial charge in [-0.1, -0.05) is 6.42 Å². The van der Waals surface area contributed by atoms with Crippen LogP contribution in [0.1, 0.15) is 37.0 Å². The molecule has 3 N–H and O–H groups in total. The maximum absolute atomic E-state index is 12.3. The van der Waals surface area contributed by atoms with Crippen molar-refractivity contribution in [3.8, 4) is 0 Å². The molecule has 1 aromatic heterocycles. The maximum atomic E-state index is 12.3. The SMILES string of the molecule is NS(=O)(=O)c1ccc(CC(=O)N[C@@H]2C[C@H]3C[C@H]2[C@@H]2CCC[C@@H]32)s1. The van der Waals surface area contributed by atoms with Crippen molar-refractivity contribution in [3.63, 3.8) is 0 Å². The summed E-state index contributed by atoms with van der Waals surface area (Å²) in [5.74, 6) is 3.23. The van der Waals surface area contributed by atoms with Gasteiger partial charge in [-0.25, -0.2) is 13.6 Å². The van der Waals surface area contributed by atoms with E-state index in [4.69, 9.17) is 5.14 Å². The van der Waals surface area contributed by atoms with Gasteiger partial charge in [0, 0.05) is 10.9 Å². The minimum Gasteiger partial charge on any atom is -0.353 e. The lowest BCUT2D eigenvalue weighted by Crippen LogP contribution is -2.43. The summed E-state index contributed by atoms with van der Waals surface area (Å²) in [6.07, 6.45) is 6.73. The fourth-order valence-electron chi connectivity index (χ4n) is 5.26. The predicted octanol–water partition coefficient (Wildman–Crippen LogP) is 1.88. The Labute approximate surface area is 140 Å². The van der Waals surface area contributed by atoms with Crippen LogP contribution in [0.4, 0.5) is 0 Å². The molecule has 1 amide bonds. The Balaban J connectivity index is 1.37. The van der Waals surface area contributed by atoms with Gasteiger partial charge in [0.2, 0.25) is 15.9 Å². The molecule has 3 fully saturated rings. The number of carbonyl (C=O) groups is 1. The number of nitrogens with one attached hydrogen (secondary N) is 1. The van der Waals surface area contributed by atoms with Crippen LogP contribution in [-0.2, 0) is 21.2 Å². The zero-order valence-corrected chi connectivity index (χ0v) is 14.5. The van der Waals surface area contributed by atoms with E-state index >= 15 is 0 Å². The summed E-state index contributed by atoms with van der Waals surface area (Å²) in [5.41, 5.74) is 0. The Bertz CT molecular complexity index is 727. The Morgan fingerprint density at radius 2 is 2.00 bits per heavy atom. The third-order valence-electron chi connectivity index (χ3n) is 6.03. The van der Waals surface area contributed by atoms with Gasteiger partial charge in [-0.3, -0.25) is 4.79 Å². The number of carbonyl (C=O) groups excluding carboxylic acids is 1. The number of hydrogen-bond acceptors (Lipinski definition) is 4. The lowest BCUT2D eigenvalue weighted by molar-refractivity contribution is -0.121. The highest BCUT2D eigenvalue weighted by atomic mass is 32.2. The molecule has 5 atom stereocenters. The largest absolute Gasteiger partial charge is 0.353 e. The van der Waals surface area contributed by atoms with Gasteiger partial charge in [0.25, 0.3) is 0 Å². The lowest BCUT2D eigenvalue weighted by atomic mass is 9.79. The molecule has 126 valence electrons. The Morgan fingerprint density at radius 1 is 1.22 bits per heavy atom. The van der Waals surface area contributed by atoms with E-state index in [1.54, 1.807) is 6.07 Å². The molecule has 1 aromatic rings. The van der Waals surface area contributed by atoms with E-state index in [1.807, 2.05) is 0 Å². The van der Waals surface area contributed by atoms with Crippen molar-refractivity contribution in [2.45, 2.75) is 48.8 Å². The molecule has 3 aliphatic rings. The molecule has 3 saturated carbocycles. The number of sulfonamides is 1. The number of fused-ring (bicyclic) bond motifs is 5. The van der Waals surface area contributed by atoms with Crippen LogP contribution in [0, 0.1) is 23.7 Å². The Hall–Kier alpha value is -0.920. The monoisotopic (exact) mass is 354 g/mol. The molecule has 3 aliphatic carbocycles. The molecule has 4 rings (SSSR count). The van der Waals surface area contributed by atoms with Gasteiger partial charge in [-0.2, -0.15) is 0 Å². The third kappa shape index (κ3) is 2.83. The molecular formula is C16H22N2O3S2. The molecule has 23 heavy (non-hydrogen) atoms. The zero-order chi connectivity index (χ0) is 16.2. The number of primary sulfonamides is 1. The molecule has 0 spiro atoms. The summed E-state index contributed by atoms with van der Waals surface area (Å²) in [7, 11) is -3.67. The van der Waals surface area contributed by atoms with Crippen LogP contribution in [-0.4, -0.2) is 20.4 Å². The van der Waals surface area contributed by atoms with Crippen LogP contribution in [0.3, 0.4) is 0 Å². The fourth-order valence-corrected chi connectivity index (χ4v) is 7.03. The predicted molar refractivity (Wildman–Crippen MR) is 88.4 cm³/mol. The van der Waals surface area contributed by atoms with Crippen molar-refractivity contribution in [2.24, 2.45) is 28.8 Å². The van der Waals surface area contributed by atoms with Crippen LogP contribution in [0.15, 0.2) is 16.3 Å². The van der Waals surface area contributed by atoms with E-state index in [9.17, 15) is 13.2 Å². The van der Waals surface area contributed by atoms with E-state index in [-0.39, 0.29) is 16.5 Å². The number of nitrogens with two attached hydrogens (primary N) is 1. The van der Waals surface area contributed by atoms with Crippen LogP contribution in [0.2, 0.25) is 0 Å². The van der Waals surface area contributed by atoms with Gasteiger partial charge in [0.05, 0.1) is 6.42 Å². The highest BCUT2D eigenvalue weighted by Gasteiger charge is 2.53. The summed E-state index contributed by atoms with van der Waals surface area (Å²) in [4.78, 5) is 13.1. The first-order valence-electron chi connectivity index (χ1n) is 8.32. The van der Waals surface area contributed by atoms with Crippen LogP contribution >= 0.6 is 11.3 Å². The van der Waals surface area contributed by atoms with Gasteiger partial charge in [0.1, 0.15) is 4.21 Å². The van der Waals surface area contributed by atoms with Gasteiger partial charge in [0.15, 0.2) is 0 Å². The summed E-state index contributed by atoms with van der Waals surface area (Å²) in [6, 6.07) is 3.48. The molecule has 0 unspecified atom stereocenters. The molecule has 0 saturated heterocycles. The molecule has 7 heteroatoms. The Morgan fingerprint density at radius 3 is 2.74 bits per heavy atom. The molecule has 0 aromatic carbocycles. The second-order valence-corrected chi connectivity index (χ2v) is 10.2. The highest BCUT2D eigenvalue weighted by Crippen LogP contribution is 2.58. The van der Waals surface area contributed by atoms with Gasteiger partial charge in [-0.15, -0.1) is 11.3 Å². The standard InChI is InChI=1S/C16H22N2O3S2/c17-23(20,21)16-5-4-10(22-16)8-15(19)18-14-7-9-6-13(14)12-3-1-2-11(9)12/h4-5,9,11-14H,1-3,6-8H2,(H,18,19)(H2,17,20,21)/t9-,11+,12-,13+,14-/m1/s1. The minimum absolute atomic E-state index is 0.0000775. The van der Waals surface area contributed by atoms with E-state index in [2.05, 4.69) is 5.32 Å². The molecular weight excluding hydrogens is 332 g/mol. The number of hydrogen-bond donors (Lipinski definition) is 2. The summed E-state index contributed by atoms with van der Waals surface area (Å²) < 4.78 is 22.7. The quantitative estimate of drug-likeness (QED) is 0.865. The van der Waals surface area contributed by atoms with Crippen molar-refractivity contribution < 1.29 is 13.2 Å². The fraction of sp³-hybridized carbons (Fsp3) is 0.688. The second kappa shape index (κ2) is 5.57. The van der Waals surface area contributed by atoms with Gasteiger partial charge < -0.3 is 5.32 Å². The highest BCUT2D eigenvalue weighted by molar-refractivity contribution is 7.91. The molecule has 2 bridgehead atoms. The van der Waals surface area contributed by atoms with Crippen molar-refractivity contribution in [2.75, 3.05) is 0 Å². The van der Waals surface area contributed by atoms with Crippen molar-refractivity contribution in [1.82, 2.24) is 5.32 Å². The van der Waals surface area contributed by atoms with E-state index < -0.39 is 10.0 Å². The molecule has 0 radical (unpaired) electrons. The lowest BCUT2D eigenvalue weighted by Gasteiger charge is -2.32. The summed E-state index contributed by atoms with van der Waals surface area (Å²) >= 11 is 1.08. The van der Waals surface area contributed by atoms with Gasteiger partial charge in [-0.05, 0) is 61.5 Å². The minimum atomic E-state index is -3.67. The van der Waals surface area contributed by atoms with Crippen molar-refractivity contribution >= 4 is 27.3 Å². The smallest absolute Gasteiger partial charge is 0.247 e. The second-order valence-electron chi connectivity index (χ2n) is 7.27. The Kier molecular flexibility index (Phi) is 3.77. The molecule has 0 aliphatic heterocycles. The van der Waals surface area contributed by atoms with E-state index in [1.165, 1.54) is 31.7 Å². The van der Waals surface area contributed by atoms with E-state index in [0.717, 1.165) is 40.4 Å². The average Bonchev–Trinajstić information content (AvgIpc) is 3.18. The topological polar surface area (TPSA) is 89.3 Å². The van der Waals surface area contributed by atoms with Crippen molar-refractivity contribution in [3.05, 3.63) is 17.0 Å². The first-order valence-corrected chi connectivity index (χ1v) is 10.7. The molecule has 5 nitrogen and oxygen atoms in total. The van der Waals surface area contributed by atoms with Gasteiger partial charge >= 0.3 is 0 Å². The average molecular weight is 354 g/mol. The normalized spacial score (nSPS) is 35.4.